The normalized spacial score (nSPS) is 10.7. The van der Waals surface area contributed by atoms with E-state index in [1.54, 1.807) is 57.6 Å². The van der Waals surface area contributed by atoms with Crippen molar-refractivity contribution in [1.29, 1.82) is 0 Å². The zero-order chi connectivity index (χ0) is 22.2. The summed E-state index contributed by atoms with van der Waals surface area (Å²) in [6.45, 7) is 0.503. The van der Waals surface area contributed by atoms with Gasteiger partial charge >= 0.3 is 0 Å². The third-order valence-electron chi connectivity index (χ3n) is 4.99. The fraction of sp³-hybridized carbons (Fsp3) is 0.192. The molecule has 160 valence electrons. The van der Waals surface area contributed by atoms with Crippen LogP contribution in [-0.4, -0.2) is 39.2 Å². The van der Waals surface area contributed by atoms with E-state index in [1.807, 2.05) is 30.3 Å². The van der Waals surface area contributed by atoms with Crippen molar-refractivity contribution >= 4 is 12.0 Å². The molecule has 0 saturated heterocycles. The first-order valence-electron chi connectivity index (χ1n) is 9.94. The molecule has 0 atom stereocenters. The number of ether oxygens (including phenoxy) is 3. The van der Waals surface area contributed by atoms with Crippen molar-refractivity contribution in [2.45, 2.75) is 6.54 Å². The molecule has 3 rings (SSSR count). The van der Waals surface area contributed by atoms with Gasteiger partial charge < -0.3 is 19.1 Å². The molecule has 0 spiro atoms. The molecule has 5 nitrogen and oxygen atoms in total. The predicted octanol–water partition coefficient (Wildman–Crippen LogP) is 5.05. The Balaban J connectivity index is 1.77. The Hall–Kier alpha value is -3.73. The summed E-state index contributed by atoms with van der Waals surface area (Å²) in [6.07, 6.45) is 3.29. The van der Waals surface area contributed by atoms with Crippen LogP contribution >= 0.6 is 0 Å². The van der Waals surface area contributed by atoms with Crippen molar-refractivity contribution in [2.75, 3.05) is 28.4 Å². The number of hydrogen-bond acceptors (Lipinski definition) is 4. The van der Waals surface area contributed by atoms with Gasteiger partial charge in [0, 0.05) is 19.7 Å². The Labute approximate surface area is 183 Å². The zero-order valence-corrected chi connectivity index (χ0v) is 18.3. The second-order valence-electron chi connectivity index (χ2n) is 7.01. The van der Waals surface area contributed by atoms with E-state index in [9.17, 15) is 4.79 Å². The lowest BCUT2D eigenvalue weighted by Gasteiger charge is -2.18. The van der Waals surface area contributed by atoms with E-state index in [4.69, 9.17) is 14.2 Å². The summed E-state index contributed by atoms with van der Waals surface area (Å²) in [5.74, 6) is 1.50. The van der Waals surface area contributed by atoms with Gasteiger partial charge in [0.15, 0.2) is 11.5 Å². The Kier molecular flexibility index (Phi) is 7.33. The van der Waals surface area contributed by atoms with Crippen molar-refractivity contribution in [1.82, 2.24) is 4.90 Å². The van der Waals surface area contributed by atoms with Gasteiger partial charge in [0.05, 0.1) is 21.3 Å². The SMILES string of the molecule is COc1cc(/C=C/C(=O)N(C)Cc2ccccc2-c2ccccc2)cc(OC)c1OC. The minimum absolute atomic E-state index is 0.100. The largest absolute Gasteiger partial charge is 0.493 e. The van der Waals surface area contributed by atoms with Crippen LogP contribution in [0, 0.1) is 0 Å². The minimum Gasteiger partial charge on any atom is -0.493 e. The number of carbonyl (C=O) groups excluding carboxylic acids is 1. The minimum atomic E-state index is -0.100. The van der Waals surface area contributed by atoms with Crippen LogP contribution in [0.5, 0.6) is 17.2 Å². The van der Waals surface area contributed by atoms with E-state index in [0.29, 0.717) is 23.8 Å². The maximum Gasteiger partial charge on any atom is 0.246 e. The molecule has 0 aliphatic rings. The van der Waals surface area contributed by atoms with Crippen LogP contribution in [-0.2, 0) is 11.3 Å². The van der Waals surface area contributed by atoms with Crippen molar-refractivity contribution < 1.29 is 19.0 Å². The van der Waals surface area contributed by atoms with Crippen molar-refractivity contribution in [3.05, 3.63) is 83.9 Å². The molecule has 0 aromatic heterocycles. The molecular formula is C26H27NO4. The molecule has 0 fully saturated rings. The van der Waals surface area contributed by atoms with E-state index in [-0.39, 0.29) is 5.91 Å². The summed E-state index contributed by atoms with van der Waals surface area (Å²) < 4.78 is 16.1. The number of rotatable bonds is 8. The smallest absolute Gasteiger partial charge is 0.246 e. The highest BCUT2D eigenvalue weighted by molar-refractivity contribution is 5.92. The van der Waals surface area contributed by atoms with Crippen LogP contribution in [0.15, 0.2) is 72.8 Å². The van der Waals surface area contributed by atoms with Gasteiger partial charge in [0.2, 0.25) is 11.7 Å². The first kappa shape index (κ1) is 22.0. The topological polar surface area (TPSA) is 48.0 Å². The molecular weight excluding hydrogens is 390 g/mol. The lowest BCUT2D eigenvalue weighted by atomic mass is 9.99. The first-order chi connectivity index (χ1) is 15.1. The molecule has 0 bridgehead atoms. The maximum absolute atomic E-state index is 12.8. The molecule has 0 aliphatic heterocycles. The number of hydrogen-bond donors (Lipinski definition) is 0. The monoisotopic (exact) mass is 417 g/mol. The van der Waals surface area contributed by atoms with Gasteiger partial charge in [0.25, 0.3) is 0 Å². The Morgan fingerprint density at radius 3 is 2.10 bits per heavy atom. The second-order valence-corrected chi connectivity index (χ2v) is 7.01. The highest BCUT2D eigenvalue weighted by atomic mass is 16.5. The number of carbonyl (C=O) groups is 1. The maximum atomic E-state index is 12.8. The molecule has 0 heterocycles. The fourth-order valence-electron chi connectivity index (χ4n) is 3.38. The Morgan fingerprint density at radius 1 is 0.871 bits per heavy atom. The summed E-state index contributed by atoms with van der Waals surface area (Å²) >= 11 is 0. The van der Waals surface area contributed by atoms with Crippen molar-refractivity contribution in [3.63, 3.8) is 0 Å². The quantitative estimate of drug-likeness (QED) is 0.481. The first-order valence-corrected chi connectivity index (χ1v) is 9.94. The van der Waals surface area contributed by atoms with Crippen LogP contribution in [0.25, 0.3) is 17.2 Å². The molecule has 31 heavy (non-hydrogen) atoms. The lowest BCUT2D eigenvalue weighted by molar-refractivity contribution is -0.125. The van der Waals surface area contributed by atoms with Crippen molar-refractivity contribution in [2.24, 2.45) is 0 Å². The van der Waals surface area contributed by atoms with Gasteiger partial charge in [-0.15, -0.1) is 0 Å². The number of methoxy groups -OCH3 is 3. The van der Waals surface area contributed by atoms with Crippen molar-refractivity contribution in [3.8, 4) is 28.4 Å². The van der Waals surface area contributed by atoms with Crippen LogP contribution in [0.4, 0.5) is 0 Å². The third-order valence-corrected chi connectivity index (χ3v) is 4.99. The van der Waals surface area contributed by atoms with E-state index in [1.165, 1.54) is 0 Å². The van der Waals surface area contributed by atoms with Crippen LogP contribution in [0.3, 0.4) is 0 Å². The van der Waals surface area contributed by atoms with Gasteiger partial charge in [-0.25, -0.2) is 0 Å². The zero-order valence-electron chi connectivity index (χ0n) is 18.3. The Bertz CT molecular complexity index is 1040. The molecule has 3 aromatic carbocycles. The molecule has 5 heteroatoms. The number of likely N-dealkylation sites (N-methyl/N-ethyl adjacent to an activating group) is 1. The summed E-state index contributed by atoms with van der Waals surface area (Å²) in [6, 6.07) is 21.9. The molecule has 3 aromatic rings. The van der Waals surface area contributed by atoms with E-state index < -0.39 is 0 Å². The summed E-state index contributed by atoms with van der Waals surface area (Å²) in [7, 11) is 6.48. The number of nitrogens with zero attached hydrogens (tertiary/aromatic N) is 1. The second kappa shape index (κ2) is 10.3. The van der Waals surface area contributed by atoms with Crippen LogP contribution < -0.4 is 14.2 Å². The highest BCUT2D eigenvalue weighted by Crippen LogP contribution is 2.38. The van der Waals surface area contributed by atoms with E-state index >= 15 is 0 Å². The Morgan fingerprint density at radius 2 is 1.48 bits per heavy atom. The number of amides is 1. The number of benzene rings is 3. The average Bonchev–Trinajstić information content (AvgIpc) is 2.82. The predicted molar refractivity (Wildman–Crippen MR) is 123 cm³/mol. The third kappa shape index (κ3) is 5.25. The van der Waals surface area contributed by atoms with E-state index in [0.717, 1.165) is 22.3 Å². The molecule has 0 N–H and O–H groups in total. The fourth-order valence-corrected chi connectivity index (χ4v) is 3.38. The molecule has 0 aliphatic carbocycles. The molecule has 0 saturated carbocycles. The van der Waals surface area contributed by atoms with Gasteiger partial charge in [-0.2, -0.15) is 0 Å². The van der Waals surface area contributed by atoms with Gasteiger partial charge in [0.1, 0.15) is 0 Å². The summed E-state index contributed by atoms with van der Waals surface area (Å²) in [5.41, 5.74) is 4.12. The van der Waals surface area contributed by atoms with Crippen LogP contribution in [0.2, 0.25) is 0 Å². The average molecular weight is 418 g/mol. The molecule has 0 unspecified atom stereocenters. The van der Waals surface area contributed by atoms with Crippen LogP contribution in [0.1, 0.15) is 11.1 Å². The van der Waals surface area contributed by atoms with Gasteiger partial charge in [-0.1, -0.05) is 54.6 Å². The standard InChI is InChI=1S/C26H27NO4/c1-27(18-21-12-8-9-13-22(21)20-10-6-5-7-11-20)25(28)15-14-19-16-23(29-2)26(31-4)24(17-19)30-3/h5-17H,18H2,1-4H3/b15-14+. The van der Waals surface area contributed by atoms with E-state index in [2.05, 4.69) is 24.3 Å². The lowest BCUT2D eigenvalue weighted by Crippen LogP contribution is -2.24. The summed E-state index contributed by atoms with van der Waals surface area (Å²) in [5, 5.41) is 0. The van der Waals surface area contributed by atoms with Gasteiger partial charge in [-0.05, 0) is 40.5 Å². The highest BCUT2D eigenvalue weighted by Gasteiger charge is 2.13. The summed E-state index contributed by atoms with van der Waals surface area (Å²) in [4.78, 5) is 14.4. The molecule has 1 amide bonds. The molecule has 0 radical (unpaired) electrons. The van der Waals surface area contributed by atoms with Gasteiger partial charge in [-0.3, -0.25) is 4.79 Å².